The van der Waals surface area contributed by atoms with Crippen LogP contribution in [-0.4, -0.2) is 17.2 Å². The van der Waals surface area contributed by atoms with Crippen LogP contribution in [0.15, 0.2) is 6.20 Å². The zero-order valence-electron chi connectivity index (χ0n) is 7.85. The number of hydrogen-bond donors (Lipinski definition) is 1. The number of hydrogen-bond acceptors (Lipinski definition) is 3. The summed E-state index contributed by atoms with van der Waals surface area (Å²) in [5.74, 6) is -2.22. The lowest BCUT2D eigenvalue weighted by Crippen LogP contribution is -2.12. The molecule has 0 atom stereocenters. The highest BCUT2D eigenvalue weighted by atomic mass is 19.4. The fourth-order valence-electron chi connectivity index (χ4n) is 1.16. The second-order valence-corrected chi connectivity index (χ2v) is 2.74. The highest BCUT2D eigenvalue weighted by Crippen LogP contribution is 2.44. The number of nitrogens with zero attached hydrogens (tertiary/aromatic N) is 1. The Balaban J connectivity index is 3.55. The maximum atomic E-state index is 12.5. The molecule has 0 amide bonds. The van der Waals surface area contributed by atoms with Gasteiger partial charge in [-0.1, -0.05) is 0 Å². The molecule has 0 fully saturated rings. The van der Waals surface area contributed by atoms with Crippen molar-refractivity contribution in [1.29, 1.82) is 0 Å². The van der Waals surface area contributed by atoms with Gasteiger partial charge in [-0.3, -0.25) is 0 Å². The van der Waals surface area contributed by atoms with Gasteiger partial charge in [-0.15, -0.1) is 0 Å². The first kappa shape index (κ1) is 12.5. The fraction of sp³-hybridized carbons (Fsp3) is 0.375. The number of pyridine rings is 1. The third kappa shape index (κ3) is 2.15. The fourth-order valence-corrected chi connectivity index (χ4v) is 1.16. The van der Waals surface area contributed by atoms with Crippen LogP contribution in [0.3, 0.4) is 0 Å². The number of aromatic nitrogens is 1. The van der Waals surface area contributed by atoms with Gasteiger partial charge in [0.05, 0.1) is 18.9 Å². The molecule has 0 aliphatic carbocycles. The van der Waals surface area contributed by atoms with E-state index in [4.69, 9.17) is 5.11 Å². The summed E-state index contributed by atoms with van der Waals surface area (Å²) >= 11 is 0. The van der Waals surface area contributed by atoms with Gasteiger partial charge in [-0.05, 0) is 0 Å². The first-order chi connectivity index (χ1) is 7.29. The number of rotatable bonds is 2. The quantitative estimate of drug-likeness (QED) is 0.812. The summed E-state index contributed by atoms with van der Waals surface area (Å²) in [6, 6.07) is 0. The third-order valence-electron chi connectivity index (χ3n) is 1.76. The predicted octanol–water partition coefficient (Wildman–Crippen LogP) is 2.75. The molecule has 0 aliphatic rings. The van der Waals surface area contributed by atoms with Crippen molar-refractivity contribution in [3.63, 3.8) is 0 Å². The molecule has 1 aromatic rings. The minimum atomic E-state index is -5.11. The highest BCUT2D eigenvalue weighted by Gasteiger charge is 2.41. The van der Waals surface area contributed by atoms with Crippen LogP contribution in [0.1, 0.15) is 17.6 Å². The summed E-state index contributed by atoms with van der Waals surface area (Å²) in [7, 11) is 0.908. The second kappa shape index (κ2) is 4.11. The van der Waals surface area contributed by atoms with Crippen LogP contribution in [-0.2, 0) is 6.18 Å². The Morgan fingerprint density at radius 1 is 1.38 bits per heavy atom. The molecule has 1 rings (SSSR count). The van der Waals surface area contributed by atoms with E-state index in [1.54, 1.807) is 0 Å². The summed E-state index contributed by atoms with van der Waals surface area (Å²) in [5, 5.41) is 8.92. The van der Waals surface area contributed by atoms with Gasteiger partial charge in [0.15, 0.2) is 0 Å². The van der Waals surface area contributed by atoms with Crippen molar-refractivity contribution in [3.05, 3.63) is 17.3 Å². The molecule has 0 aromatic carbocycles. The molecule has 0 saturated heterocycles. The molecule has 0 aliphatic heterocycles. The number of ether oxygens (including phenoxy) is 1. The molecule has 0 spiro atoms. The Morgan fingerprint density at radius 2 is 1.94 bits per heavy atom. The number of aromatic hydroxyl groups is 1. The monoisotopic (exact) mass is 243 g/mol. The maximum absolute atomic E-state index is 12.5. The van der Waals surface area contributed by atoms with Crippen molar-refractivity contribution >= 4 is 0 Å². The van der Waals surface area contributed by atoms with E-state index in [-0.39, 0.29) is 0 Å². The van der Waals surface area contributed by atoms with Gasteiger partial charge < -0.3 is 9.84 Å². The second-order valence-electron chi connectivity index (χ2n) is 2.74. The van der Waals surface area contributed by atoms with Gasteiger partial charge >= 0.3 is 6.18 Å². The van der Waals surface area contributed by atoms with Crippen molar-refractivity contribution in [1.82, 2.24) is 4.98 Å². The molecular weight excluding hydrogens is 237 g/mol. The molecule has 0 radical (unpaired) electrons. The van der Waals surface area contributed by atoms with Gasteiger partial charge in [-0.25, -0.2) is 13.8 Å². The van der Waals surface area contributed by atoms with E-state index in [2.05, 4.69) is 9.72 Å². The lowest BCUT2D eigenvalue weighted by Gasteiger charge is -2.15. The average Bonchev–Trinajstić information content (AvgIpc) is 2.15. The molecule has 3 nitrogen and oxygen atoms in total. The molecular formula is C8H6F5NO2. The molecule has 1 aromatic heterocycles. The lowest BCUT2D eigenvalue weighted by molar-refractivity contribution is -0.141. The first-order valence-corrected chi connectivity index (χ1v) is 3.90. The molecule has 1 N–H and O–H groups in total. The van der Waals surface area contributed by atoms with Crippen LogP contribution in [0.5, 0.6) is 11.6 Å². The van der Waals surface area contributed by atoms with Gasteiger partial charge in [0.1, 0.15) is 11.3 Å². The van der Waals surface area contributed by atoms with E-state index < -0.39 is 35.4 Å². The summed E-state index contributed by atoms with van der Waals surface area (Å²) in [5.41, 5.74) is -3.29. The zero-order valence-corrected chi connectivity index (χ0v) is 7.85. The van der Waals surface area contributed by atoms with E-state index in [1.165, 1.54) is 0 Å². The topological polar surface area (TPSA) is 42.4 Å². The molecule has 16 heavy (non-hydrogen) atoms. The van der Waals surface area contributed by atoms with E-state index in [9.17, 15) is 22.0 Å². The Kier molecular flexibility index (Phi) is 3.20. The van der Waals surface area contributed by atoms with Crippen molar-refractivity contribution in [3.8, 4) is 11.6 Å². The van der Waals surface area contributed by atoms with Crippen LogP contribution in [0.4, 0.5) is 22.0 Å². The number of alkyl halides is 5. The highest BCUT2D eigenvalue weighted by molar-refractivity contribution is 5.45. The van der Waals surface area contributed by atoms with Crippen LogP contribution in [0.2, 0.25) is 0 Å². The van der Waals surface area contributed by atoms with Crippen molar-refractivity contribution in [2.24, 2.45) is 0 Å². The van der Waals surface area contributed by atoms with Gasteiger partial charge in [0.2, 0.25) is 5.88 Å². The molecule has 0 saturated carbocycles. The Hall–Kier alpha value is -1.60. The van der Waals surface area contributed by atoms with Crippen LogP contribution in [0.25, 0.3) is 0 Å². The van der Waals surface area contributed by atoms with E-state index in [0.29, 0.717) is 6.20 Å². The predicted molar refractivity (Wildman–Crippen MR) is 42.4 cm³/mol. The summed E-state index contributed by atoms with van der Waals surface area (Å²) < 4.78 is 66.4. The lowest BCUT2D eigenvalue weighted by atomic mass is 10.1. The van der Waals surface area contributed by atoms with Crippen LogP contribution < -0.4 is 4.74 Å². The Labute approximate surface area is 86.5 Å². The SMILES string of the molecule is COc1ncc(O)c(C(F)(F)F)c1C(F)F. The third-order valence-corrected chi connectivity index (χ3v) is 1.76. The van der Waals surface area contributed by atoms with Gasteiger partial charge in [0, 0.05) is 0 Å². The Bertz CT molecular complexity index is 391. The van der Waals surface area contributed by atoms with Crippen LogP contribution >= 0.6 is 0 Å². The molecule has 8 heteroatoms. The molecule has 90 valence electrons. The Morgan fingerprint density at radius 3 is 2.31 bits per heavy atom. The zero-order chi connectivity index (χ0) is 12.5. The van der Waals surface area contributed by atoms with Crippen molar-refractivity contribution < 1.29 is 31.8 Å². The van der Waals surface area contributed by atoms with Crippen LogP contribution in [0, 0.1) is 0 Å². The van der Waals surface area contributed by atoms with Gasteiger partial charge in [0.25, 0.3) is 6.43 Å². The largest absolute Gasteiger partial charge is 0.506 e. The minimum absolute atomic E-state index is 0.410. The normalized spacial score (nSPS) is 11.9. The van der Waals surface area contributed by atoms with Gasteiger partial charge in [-0.2, -0.15) is 13.2 Å². The number of halogens is 5. The molecule has 0 bridgehead atoms. The van der Waals surface area contributed by atoms with Crippen molar-refractivity contribution in [2.75, 3.05) is 7.11 Å². The number of methoxy groups -OCH3 is 1. The van der Waals surface area contributed by atoms with Crippen molar-refractivity contribution in [2.45, 2.75) is 12.6 Å². The summed E-state index contributed by atoms with van der Waals surface area (Å²) in [6.45, 7) is 0. The van der Waals surface area contributed by atoms with E-state index >= 15 is 0 Å². The molecule has 1 heterocycles. The maximum Gasteiger partial charge on any atom is 0.420 e. The van der Waals surface area contributed by atoms with E-state index in [1.807, 2.05) is 0 Å². The van der Waals surface area contributed by atoms with E-state index in [0.717, 1.165) is 7.11 Å². The summed E-state index contributed by atoms with van der Waals surface area (Å²) in [6.07, 6.45) is -8.15. The summed E-state index contributed by atoms with van der Waals surface area (Å²) in [4.78, 5) is 3.14. The standard InChI is InChI=1S/C8H6F5NO2/c1-16-7-4(6(9)10)5(8(11,12)13)3(15)2-14-7/h2,6,15H,1H3. The smallest absolute Gasteiger partial charge is 0.420 e. The minimum Gasteiger partial charge on any atom is -0.506 e. The average molecular weight is 243 g/mol. The first-order valence-electron chi connectivity index (χ1n) is 3.90. The molecule has 0 unspecified atom stereocenters.